The van der Waals surface area contributed by atoms with E-state index in [2.05, 4.69) is 33.9 Å². The number of hydrogen-bond acceptors (Lipinski definition) is 1. The molecule has 3 heteroatoms. The van der Waals surface area contributed by atoms with Crippen LogP contribution < -0.4 is 0 Å². The molecule has 0 bridgehead atoms. The molecule has 96 valence electrons. The summed E-state index contributed by atoms with van der Waals surface area (Å²) in [5, 5.41) is 2.10. The van der Waals surface area contributed by atoms with Gasteiger partial charge in [-0.1, -0.05) is 17.7 Å². The van der Waals surface area contributed by atoms with Gasteiger partial charge in [0, 0.05) is 23.3 Å². The summed E-state index contributed by atoms with van der Waals surface area (Å²) in [5.74, 6) is 0. The van der Waals surface area contributed by atoms with Crippen LogP contribution in [0.15, 0.2) is 30.5 Å². The molecule has 0 aliphatic carbocycles. The minimum absolute atomic E-state index is 0.821. The van der Waals surface area contributed by atoms with E-state index in [9.17, 15) is 0 Å². The van der Waals surface area contributed by atoms with Crippen molar-refractivity contribution in [2.24, 2.45) is 0 Å². The maximum Gasteiger partial charge on any atom is 0.0495 e. The molecule has 1 aliphatic rings. The molecule has 0 amide bonds. The van der Waals surface area contributed by atoms with E-state index in [-0.39, 0.29) is 0 Å². The number of nitrogens with zero attached hydrogens (tertiary/aromatic N) is 2. The van der Waals surface area contributed by atoms with Crippen LogP contribution in [-0.2, 0) is 6.54 Å². The molecule has 1 aromatic carbocycles. The SMILES string of the molecule is Clc1ccc2ccn(CCCN3CCCC3)c2c1. The van der Waals surface area contributed by atoms with Crippen molar-refractivity contribution in [1.29, 1.82) is 0 Å². The number of aromatic nitrogens is 1. The molecule has 2 aromatic rings. The number of halogens is 1. The molecule has 2 nitrogen and oxygen atoms in total. The highest BCUT2D eigenvalue weighted by atomic mass is 35.5. The van der Waals surface area contributed by atoms with Crippen LogP contribution in [0.2, 0.25) is 5.02 Å². The van der Waals surface area contributed by atoms with Crippen molar-refractivity contribution in [2.45, 2.75) is 25.8 Å². The lowest BCUT2D eigenvalue weighted by molar-refractivity contribution is 0.326. The van der Waals surface area contributed by atoms with E-state index in [0.29, 0.717) is 0 Å². The number of aryl methyl sites for hydroxylation is 1. The predicted molar refractivity (Wildman–Crippen MR) is 77.2 cm³/mol. The average molecular weight is 263 g/mol. The molecule has 0 N–H and O–H groups in total. The van der Waals surface area contributed by atoms with Gasteiger partial charge >= 0.3 is 0 Å². The van der Waals surface area contributed by atoms with Crippen LogP contribution in [0.3, 0.4) is 0 Å². The summed E-state index contributed by atoms with van der Waals surface area (Å²) < 4.78 is 2.32. The summed E-state index contributed by atoms with van der Waals surface area (Å²) in [7, 11) is 0. The van der Waals surface area contributed by atoms with Gasteiger partial charge in [-0.25, -0.2) is 0 Å². The van der Waals surface area contributed by atoms with Crippen molar-refractivity contribution in [3.05, 3.63) is 35.5 Å². The average Bonchev–Trinajstić information content (AvgIpc) is 2.99. The number of likely N-dealkylation sites (tertiary alicyclic amines) is 1. The van der Waals surface area contributed by atoms with Crippen LogP contribution in [-0.4, -0.2) is 29.1 Å². The molecular formula is C15H19ClN2. The van der Waals surface area contributed by atoms with Crippen molar-refractivity contribution in [1.82, 2.24) is 9.47 Å². The van der Waals surface area contributed by atoms with E-state index in [1.54, 1.807) is 0 Å². The number of hydrogen-bond donors (Lipinski definition) is 0. The Kier molecular flexibility index (Phi) is 3.57. The Morgan fingerprint density at radius 1 is 1.06 bits per heavy atom. The molecule has 18 heavy (non-hydrogen) atoms. The maximum absolute atomic E-state index is 6.06. The summed E-state index contributed by atoms with van der Waals surface area (Å²) in [5.41, 5.74) is 1.25. The quantitative estimate of drug-likeness (QED) is 0.814. The highest BCUT2D eigenvalue weighted by Crippen LogP contribution is 2.21. The Labute approximate surface area is 113 Å². The van der Waals surface area contributed by atoms with Gasteiger partial charge in [-0.3, -0.25) is 0 Å². The predicted octanol–water partition coefficient (Wildman–Crippen LogP) is 3.78. The third kappa shape index (κ3) is 2.55. The van der Waals surface area contributed by atoms with Gasteiger partial charge < -0.3 is 9.47 Å². The van der Waals surface area contributed by atoms with Crippen molar-refractivity contribution < 1.29 is 0 Å². The molecule has 0 unspecified atom stereocenters. The molecule has 0 saturated carbocycles. The Bertz CT molecular complexity index is 526. The molecular weight excluding hydrogens is 244 g/mol. The zero-order chi connectivity index (χ0) is 12.4. The second kappa shape index (κ2) is 5.33. The van der Waals surface area contributed by atoms with E-state index in [4.69, 9.17) is 11.6 Å². The maximum atomic E-state index is 6.06. The van der Waals surface area contributed by atoms with Crippen LogP contribution in [0.4, 0.5) is 0 Å². The number of benzene rings is 1. The third-order valence-corrected chi connectivity index (χ3v) is 4.04. The van der Waals surface area contributed by atoms with Gasteiger partial charge in [-0.2, -0.15) is 0 Å². The second-order valence-corrected chi connectivity index (χ2v) is 5.55. The van der Waals surface area contributed by atoms with Crippen molar-refractivity contribution >= 4 is 22.5 Å². The highest BCUT2D eigenvalue weighted by Gasteiger charge is 2.10. The first-order valence-electron chi connectivity index (χ1n) is 6.80. The zero-order valence-corrected chi connectivity index (χ0v) is 11.4. The highest BCUT2D eigenvalue weighted by molar-refractivity contribution is 6.31. The molecule has 0 spiro atoms. The van der Waals surface area contributed by atoms with Crippen LogP contribution in [0.5, 0.6) is 0 Å². The molecule has 0 atom stereocenters. The summed E-state index contributed by atoms with van der Waals surface area (Å²) in [6.07, 6.45) is 6.14. The minimum Gasteiger partial charge on any atom is -0.347 e. The molecule has 1 aromatic heterocycles. The lowest BCUT2D eigenvalue weighted by atomic mass is 10.2. The molecule has 0 radical (unpaired) electrons. The van der Waals surface area contributed by atoms with Gasteiger partial charge in [0.15, 0.2) is 0 Å². The Hall–Kier alpha value is -0.990. The van der Waals surface area contributed by atoms with Gasteiger partial charge in [0.05, 0.1) is 0 Å². The van der Waals surface area contributed by atoms with Crippen molar-refractivity contribution in [3.63, 3.8) is 0 Å². The van der Waals surface area contributed by atoms with Crippen LogP contribution in [0.25, 0.3) is 10.9 Å². The van der Waals surface area contributed by atoms with E-state index in [1.807, 2.05) is 6.07 Å². The Morgan fingerprint density at radius 2 is 1.89 bits per heavy atom. The fourth-order valence-corrected chi connectivity index (χ4v) is 2.99. The van der Waals surface area contributed by atoms with Crippen LogP contribution >= 0.6 is 11.6 Å². The summed E-state index contributed by atoms with van der Waals surface area (Å²) in [6.45, 7) is 4.89. The summed E-state index contributed by atoms with van der Waals surface area (Å²) in [4.78, 5) is 2.57. The topological polar surface area (TPSA) is 8.17 Å². The lowest BCUT2D eigenvalue weighted by Crippen LogP contribution is -2.21. The summed E-state index contributed by atoms with van der Waals surface area (Å²) in [6, 6.07) is 8.28. The molecule has 1 fully saturated rings. The first-order chi connectivity index (χ1) is 8.83. The van der Waals surface area contributed by atoms with E-state index >= 15 is 0 Å². The molecule has 1 saturated heterocycles. The van der Waals surface area contributed by atoms with Gasteiger partial charge in [-0.15, -0.1) is 0 Å². The van der Waals surface area contributed by atoms with E-state index in [0.717, 1.165) is 11.6 Å². The Balaban J connectivity index is 1.65. The fraction of sp³-hybridized carbons (Fsp3) is 0.467. The zero-order valence-electron chi connectivity index (χ0n) is 10.6. The first kappa shape index (κ1) is 12.1. The van der Waals surface area contributed by atoms with Crippen LogP contribution in [0, 0.1) is 0 Å². The lowest BCUT2D eigenvalue weighted by Gasteiger charge is -2.14. The Morgan fingerprint density at radius 3 is 2.72 bits per heavy atom. The van der Waals surface area contributed by atoms with Gasteiger partial charge in [0.1, 0.15) is 0 Å². The molecule has 3 rings (SSSR count). The molecule has 2 heterocycles. The van der Waals surface area contributed by atoms with Gasteiger partial charge in [0.25, 0.3) is 0 Å². The first-order valence-corrected chi connectivity index (χ1v) is 7.17. The largest absolute Gasteiger partial charge is 0.347 e. The summed E-state index contributed by atoms with van der Waals surface area (Å²) >= 11 is 6.06. The normalized spacial score (nSPS) is 16.7. The van der Waals surface area contributed by atoms with Gasteiger partial charge in [-0.05, 0) is 62.5 Å². The van der Waals surface area contributed by atoms with E-state index in [1.165, 1.54) is 49.8 Å². The van der Waals surface area contributed by atoms with E-state index < -0.39 is 0 Å². The van der Waals surface area contributed by atoms with Crippen molar-refractivity contribution in [2.75, 3.05) is 19.6 Å². The fourth-order valence-electron chi connectivity index (χ4n) is 2.82. The third-order valence-electron chi connectivity index (χ3n) is 3.81. The molecule has 1 aliphatic heterocycles. The van der Waals surface area contributed by atoms with Crippen LogP contribution in [0.1, 0.15) is 19.3 Å². The standard InChI is InChI=1S/C15H19ClN2/c16-14-5-4-13-6-11-18(15(13)12-14)10-3-9-17-7-1-2-8-17/h4-6,11-12H,1-3,7-10H2. The van der Waals surface area contributed by atoms with Crippen molar-refractivity contribution in [3.8, 4) is 0 Å². The van der Waals surface area contributed by atoms with Gasteiger partial charge in [0.2, 0.25) is 0 Å². The number of rotatable bonds is 4. The number of fused-ring (bicyclic) bond motifs is 1. The minimum atomic E-state index is 0.821. The monoisotopic (exact) mass is 262 g/mol. The smallest absolute Gasteiger partial charge is 0.0495 e. The second-order valence-electron chi connectivity index (χ2n) is 5.11.